The standard InChI is InChI=1S/C46H32F6O6/c1-25-19-31(20-26(2)43(25)57-33-15-17-35(37(23-33)45(47,48)49)41(55)39(53)29-11-7-5-8-12-29)32-21-27(3)44(28(4)22-32)58-34-16-18-36(38(24-34)46(50,51)52)42(56)40(54)30-13-9-6-10-14-30/h5-24H,1-4H3. The highest BCUT2D eigenvalue weighted by atomic mass is 19.4. The fourth-order valence-corrected chi connectivity index (χ4v) is 6.52. The zero-order chi connectivity index (χ0) is 42.1. The Hall–Kier alpha value is -6.82. The number of hydrogen-bond donors (Lipinski definition) is 0. The van der Waals surface area contributed by atoms with Crippen molar-refractivity contribution in [3.63, 3.8) is 0 Å². The monoisotopic (exact) mass is 794 g/mol. The molecule has 0 heterocycles. The van der Waals surface area contributed by atoms with E-state index in [1.807, 2.05) is 0 Å². The van der Waals surface area contributed by atoms with Gasteiger partial charge < -0.3 is 9.47 Å². The maximum atomic E-state index is 14.2. The van der Waals surface area contributed by atoms with Crippen molar-refractivity contribution in [3.05, 3.63) is 177 Å². The van der Waals surface area contributed by atoms with Gasteiger partial charge in [0.15, 0.2) is 0 Å². The molecule has 6 aromatic rings. The molecule has 0 unspecified atom stereocenters. The van der Waals surface area contributed by atoms with E-state index in [-0.39, 0.29) is 34.1 Å². The molecule has 0 atom stereocenters. The van der Waals surface area contributed by atoms with Gasteiger partial charge in [-0.15, -0.1) is 0 Å². The van der Waals surface area contributed by atoms with Gasteiger partial charge in [0.2, 0.25) is 23.1 Å². The summed E-state index contributed by atoms with van der Waals surface area (Å²) in [6.07, 6.45) is -9.96. The predicted octanol–water partition coefficient (Wildman–Crippen LogP) is 12.3. The van der Waals surface area contributed by atoms with E-state index in [1.165, 1.54) is 60.7 Å². The van der Waals surface area contributed by atoms with Gasteiger partial charge in [-0.25, -0.2) is 0 Å². The molecule has 6 aromatic carbocycles. The van der Waals surface area contributed by atoms with Crippen molar-refractivity contribution in [1.82, 2.24) is 0 Å². The minimum Gasteiger partial charge on any atom is -0.457 e. The van der Waals surface area contributed by atoms with Gasteiger partial charge in [0.25, 0.3) is 0 Å². The van der Waals surface area contributed by atoms with Crippen molar-refractivity contribution in [1.29, 1.82) is 0 Å². The lowest BCUT2D eigenvalue weighted by Crippen LogP contribution is -2.20. The first kappa shape index (κ1) is 40.8. The fourth-order valence-electron chi connectivity index (χ4n) is 6.52. The fraction of sp³-hybridized carbons (Fsp3) is 0.130. The number of halogens is 6. The summed E-state index contributed by atoms with van der Waals surface area (Å²) in [6.45, 7) is 6.79. The van der Waals surface area contributed by atoms with Crippen LogP contribution in [0.15, 0.2) is 121 Å². The Kier molecular flexibility index (Phi) is 11.2. The highest BCUT2D eigenvalue weighted by Gasteiger charge is 2.38. The van der Waals surface area contributed by atoms with Gasteiger partial charge in [-0.05, 0) is 122 Å². The molecule has 58 heavy (non-hydrogen) atoms. The largest absolute Gasteiger partial charge is 0.457 e. The molecule has 0 saturated carbocycles. The van der Waals surface area contributed by atoms with Crippen LogP contribution in [0.2, 0.25) is 0 Å². The van der Waals surface area contributed by atoms with Crippen LogP contribution < -0.4 is 9.47 Å². The zero-order valence-electron chi connectivity index (χ0n) is 31.3. The number of ketones is 4. The number of carbonyl (C=O) groups is 4. The van der Waals surface area contributed by atoms with E-state index in [4.69, 9.17) is 9.47 Å². The Balaban J connectivity index is 1.25. The first-order valence-electron chi connectivity index (χ1n) is 17.6. The second-order valence-corrected chi connectivity index (χ2v) is 13.5. The first-order chi connectivity index (χ1) is 27.3. The molecule has 6 nitrogen and oxygen atoms in total. The number of carbonyl (C=O) groups excluding carboxylic acids is 4. The average molecular weight is 795 g/mol. The average Bonchev–Trinajstić information content (AvgIpc) is 3.19. The molecule has 0 aliphatic heterocycles. The van der Waals surface area contributed by atoms with E-state index in [2.05, 4.69) is 0 Å². The lowest BCUT2D eigenvalue weighted by Gasteiger charge is -2.18. The molecule has 0 aromatic heterocycles. The quantitative estimate of drug-likeness (QED) is 0.0737. The van der Waals surface area contributed by atoms with Crippen molar-refractivity contribution in [2.75, 3.05) is 0 Å². The number of alkyl halides is 6. The maximum Gasteiger partial charge on any atom is 0.417 e. The smallest absolute Gasteiger partial charge is 0.417 e. The van der Waals surface area contributed by atoms with E-state index >= 15 is 0 Å². The number of aryl methyl sites for hydroxylation is 4. The Morgan fingerprint density at radius 3 is 1.02 bits per heavy atom. The van der Waals surface area contributed by atoms with Gasteiger partial charge in [-0.3, -0.25) is 19.2 Å². The summed E-state index contributed by atoms with van der Waals surface area (Å²) >= 11 is 0. The second-order valence-electron chi connectivity index (χ2n) is 13.5. The molecule has 0 amide bonds. The van der Waals surface area contributed by atoms with Crippen LogP contribution in [0.5, 0.6) is 23.0 Å². The first-order valence-corrected chi connectivity index (χ1v) is 17.6. The van der Waals surface area contributed by atoms with Crippen molar-refractivity contribution >= 4 is 23.1 Å². The van der Waals surface area contributed by atoms with Gasteiger partial charge in [-0.2, -0.15) is 26.3 Å². The van der Waals surface area contributed by atoms with Crippen LogP contribution in [0.25, 0.3) is 11.1 Å². The third-order valence-electron chi connectivity index (χ3n) is 9.26. The molecule has 0 radical (unpaired) electrons. The zero-order valence-corrected chi connectivity index (χ0v) is 31.3. The van der Waals surface area contributed by atoms with Crippen LogP contribution in [0, 0.1) is 27.7 Å². The summed E-state index contributed by atoms with van der Waals surface area (Å²) in [5.41, 5.74) is -0.736. The summed E-state index contributed by atoms with van der Waals surface area (Å²) in [4.78, 5) is 51.2. The number of hydrogen-bond acceptors (Lipinski definition) is 6. The Bertz CT molecular complexity index is 2370. The molecule has 294 valence electrons. The van der Waals surface area contributed by atoms with Crippen LogP contribution in [0.1, 0.15) is 74.8 Å². The summed E-state index contributed by atoms with van der Waals surface area (Å²) in [5, 5.41) is 0. The number of benzene rings is 6. The molecule has 0 fully saturated rings. The lowest BCUT2D eigenvalue weighted by atomic mass is 9.95. The summed E-state index contributed by atoms with van der Waals surface area (Å²) in [5.74, 6) is -4.68. The third kappa shape index (κ3) is 8.61. The molecule has 0 spiro atoms. The Morgan fingerprint density at radius 1 is 0.414 bits per heavy atom. The predicted molar refractivity (Wildman–Crippen MR) is 204 cm³/mol. The van der Waals surface area contributed by atoms with Crippen LogP contribution in [0.3, 0.4) is 0 Å². The van der Waals surface area contributed by atoms with Crippen molar-refractivity contribution in [2.24, 2.45) is 0 Å². The highest BCUT2D eigenvalue weighted by molar-refractivity contribution is 6.50. The summed E-state index contributed by atoms with van der Waals surface area (Å²) in [7, 11) is 0. The maximum absolute atomic E-state index is 14.2. The minimum atomic E-state index is -4.98. The topological polar surface area (TPSA) is 86.7 Å². The molecule has 6 rings (SSSR count). The molecule has 12 heteroatoms. The normalized spacial score (nSPS) is 11.6. The Labute approximate surface area is 328 Å². The van der Waals surface area contributed by atoms with E-state index in [0.29, 0.717) is 45.5 Å². The van der Waals surface area contributed by atoms with Crippen molar-refractivity contribution < 1.29 is 55.0 Å². The second kappa shape index (κ2) is 16.0. The minimum absolute atomic E-state index is 0.0437. The van der Waals surface area contributed by atoms with E-state index in [9.17, 15) is 45.5 Å². The molecular formula is C46H32F6O6. The highest BCUT2D eigenvalue weighted by Crippen LogP contribution is 2.41. The lowest BCUT2D eigenvalue weighted by molar-refractivity contribution is -0.138. The van der Waals surface area contributed by atoms with Crippen LogP contribution in [0.4, 0.5) is 26.3 Å². The molecular weight excluding hydrogens is 762 g/mol. The summed E-state index contributed by atoms with van der Waals surface area (Å²) < 4.78 is 97.1. The van der Waals surface area contributed by atoms with Gasteiger partial charge in [0, 0.05) is 22.3 Å². The number of rotatable bonds is 11. The van der Waals surface area contributed by atoms with Crippen molar-refractivity contribution in [2.45, 2.75) is 40.0 Å². The SMILES string of the molecule is Cc1cc(-c2cc(C)c(Oc3ccc(C(=O)C(=O)c4ccccc4)c(C(F)(F)F)c3)c(C)c2)cc(C)c1Oc1ccc(C(=O)C(=O)c2ccccc2)c(C(F)(F)F)c1. The van der Waals surface area contributed by atoms with Gasteiger partial charge in [0.1, 0.15) is 23.0 Å². The number of Topliss-reactive ketones (excluding diaryl/α,β-unsaturated/α-hetero) is 4. The van der Waals surface area contributed by atoms with Crippen LogP contribution in [-0.2, 0) is 12.4 Å². The van der Waals surface area contributed by atoms with Gasteiger partial charge in [-0.1, -0.05) is 60.7 Å². The van der Waals surface area contributed by atoms with Crippen LogP contribution >= 0.6 is 0 Å². The molecule has 0 aliphatic rings. The van der Waals surface area contributed by atoms with Crippen molar-refractivity contribution in [3.8, 4) is 34.1 Å². The molecule has 0 bridgehead atoms. The Morgan fingerprint density at radius 2 is 0.724 bits per heavy atom. The van der Waals surface area contributed by atoms with Gasteiger partial charge >= 0.3 is 12.4 Å². The molecule has 0 aliphatic carbocycles. The van der Waals surface area contributed by atoms with Crippen LogP contribution in [-0.4, -0.2) is 23.1 Å². The van der Waals surface area contributed by atoms with E-state index < -0.39 is 57.7 Å². The molecule has 0 saturated heterocycles. The summed E-state index contributed by atoms with van der Waals surface area (Å²) in [6, 6.07) is 27.1. The van der Waals surface area contributed by atoms with E-state index in [1.54, 1.807) is 64.1 Å². The third-order valence-corrected chi connectivity index (χ3v) is 9.26. The number of ether oxygens (including phenoxy) is 2. The molecule has 0 N–H and O–H groups in total. The van der Waals surface area contributed by atoms with E-state index in [0.717, 1.165) is 12.1 Å². The van der Waals surface area contributed by atoms with Gasteiger partial charge in [0.05, 0.1) is 11.1 Å².